The van der Waals surface area contributed by atoms with E-state index >= 15 is 0 Å². The maximum atomic E-state index is 10.6. The van der Waals surface area contributed by atoms with Crippen LogP contribution in [-0.2, 0) is 4.74 Å². The van der Waals surface area contributed by atoms with Gasteiger partial charge in [0.05, 0.1) is 6.54 Å². The minimum atomic E-state index is -0.273. The highest BCUT2D eigenvalue weighted by molar-refractivity contribution is 5.69. The zero-order valence-electron chi connectivity index (χ0n) is 5.33. The second kappa shape index (κ2) is 3.41. The van der Waals surface area contributed by atoms with E-state index in [1.54, 1.807) is 7.05 Å². The summed E-state index contributed by atoms with van der Waals surface area (Å²) in [5.41, 5.74) is 5.25. The molecular weight excluding hydrogens is 132 g/mol. The van der Waals surface area contributed by atoms with Crippen molar-refractivity contribution in [2.75, 3.05) is 20.1 Å². The molecule has 1 rings (SSSR count). The van der Waals surface area contributed by atoms with E-state index in [0.717, 1.165) is 0 Å². The highest BCUT2D eigenvalue weighted by atomic mass is 16.6. The minimum absolute atomic E-state index is 0. The van der Waals surface area contributed by atoms with E-state index in [1.807, 2.05) is 0 Å². The van der Waals surface area contributed by atoms with Crippen molar-refractivity contribution in [3.8, 4) is 0 Å². The summed E-state index contributed by atoms with van der Waals surface area (Å²) in [7, 11) is 1.69. The number of hydrogen-bond donors (Lipinski definition) is 1. The van der Waals surface area contributed by atoms with Crippen LogP contribution in [0.4, 0.5) is 4.79 Å². The second-order valence-corrected chi connectivity index (χ2v) is 2.12. The Labute approximate surface area is 60.9 Å². The van der Waals surface area contributed by atoms with E-state index in [1.165, 1.54) is 4.90 Å². The summed E-state index contributed by atoms with van der Waals surface area (Å²) in [6.07, 6.45) is -0.368. The van der Waals surface area contributed by atoms with Crippen molar-refractivity contribution in [2.24, 2.45) is 5.73 Å². The predicted molar refractivity (Wildman–Crippen MR) is 38.7 cm³/mol. The maximum absolute atomic E-state index is 10.6. The lowest BCUT2D eigenvalue weighted by atomic mass is 10.4. The number of nitrogens with two attached hydrogens (primary N) is 1. The molecule has 1 aliphatic rings. The number of carbonyl (C=O) groups is 1. The number of rotatable bonds is 1. The van der Waals surface area contributed by atoms with Gasteiger partial charge in [0.15, 0.2) is 0 Å². The van der Waals surface area contributed by atoms with Crippen molar-refractivity contribution in [3.63, 3.8) is 0 Å². The van der Waals surface area contributed by atoms with E-state index in [4.69, 9.17) is 10.5 Å². The number of amides is 1. The first-order valence-electron chi connectivity index (χ1n) is 2.86. The number of ether oxygens (including phenoxy) is 1. The largest absolute Gasteiger partial charge is 0.443 e. The molecule has 2 N–H and O–H groups in total. The molecule has 4 nitrogen and oxygen atoms in total. The fourth-order valence-corrected chi connectivity index (χ4v) is 0.772. The third-order valence-corrected chi connectivity index (χ3v) is 1.32. The molecule has 0 aliphatic carbocycles. The van der Waals surface area contributed by atoms with Gasteiger partial charge >= 0.3 is 6.09 Å². The molecule has 0 aromatic rings. The molecule has 60 valence electrons. The number of hydrogen-bond acceptors (Lipinski definition) is 3. The summed E-state index contributed by atoms with van der Waals surface area (Å²) in [4.78, 5) is 12.1. The molecule has 0 aromatic heterocycles. The van der Waals surface area contributed by atoms with Crippen molar-refractivity contribution in [2.45, 2.75) is 13.5 Å². The zero-order valence-corrected chi connectivity index (χ0v) is 5.33. The molecule has 0 saturated carbocycles. The smallest absolute Gasteiger partial charge is 0.410 e. The third-order valence-electron chi connectivity index (χ3n) is 1.32. The van der Waals surface area contributed by atoms with Crippen molar-refractivity contribution < 1.29 is 9.53 Å². The Kier molecular flexibility index (Phi) is 3.15. The van der Waals surface area contributed by atoms with E-state index in [0.29, 0.717) is 13.1 Å². The van der Waals surface area contributed by atoms with Crippen LogP contribution in [0, 0.1) is 0 Å². The number of carbonyl (C=O) groups excluding carboxylic acids is 1. The van der Waals surface area contributed by atoms with Crippen molar-refractivity contribution in [3.05, 3.63) is 0 Å². The first-order valence-corrected chi connectivity index (χ1v) is 2.86. The summed E-state index contributed by atoms with van der Waals surface area (Å²) in [5.74, 6) is 0. The van der Waals surface area contributed by atoms with Crippen LogP contribution in [0.1, 0.15) is 7.43 Å². The Balaban J connectivity index is 0.000000810. The third kappa shape index (κ3) is 1.60. The lowest BCUT2D eigenvalue weighted by Gasteiger charge is -2.01. The summed E-state index contributed by atoms with van der Waals surface area (Å²) < 4.78 is 4.78. The van der Waals surface area contributed by atoms with Crippen LogP contribution < -0.4 is 5.73 Å². The molecule has 1 fully saturated rings. The van der Waals surface area contributed by atoms with Crippen molar-refractivity contribution in [1.82, 2.24) is 4.90 Å². The molecule has 1 aliphatic heterocycles. The normalized spacial score (nSPS) is 24.0. The van der Waals surface area contributed by atoms with Gasteiger partial charge in [-0.25, -0.2) is 4.79 Å². The second-order valence-electron chi connectivity index (χ2n) is 2.12. The Morgan fingerprint density at radius 1 is 1.90 bits per heavy atom. The zero-order chi connectivity index (χ0) is 6.85. The van der Waals surface area contributed by atoms with E-state index in [-0.39, 0.29) is 19.6 Å². The van der Waals surface area contributed by atoms with E-state index in [9.17, 15) is 4.79 Å². The number of nitrogens with zero attached hydrogens (tertiary/aromatic N) is 1. The van der Waals surface area contributed by atoms with Gasteiger partial charge in [0, 0.05) is 13.6 Å². The molecule has 1 saturated heterocycles. The Morgan fingerprint density at radius 2 is 2.50 bits per heavy atom. The molecule has 0 bridgehead atoms. The van der Waals surface area contributed by atoms with Crippen molar-refractivity contribution >= 4 is 6.09 Å². The minimum Gasteiger partial charge on any atom is -0.443 e. The van der Waals surface area contributed by atoms with Gasteiger partial charge in [-0.2, -0.15) is 0 Å². The molecule has 0 spiro atoms. The van der Waals surface area contributed by atoms with Gasteiger partial charge in [-0.1, -0.05) is 7.43 Å². The standard InChI is InChI=1S/C5H10N2O2.CH4/c1-7-3-4(2-6)9-5(7)8;/h4H,2-3,6H2,1H3;1H4/t4-;/m0./s1. The summed E-state index contributed by atoms with van der Waals surface area (Å²) in [6, 6.07) is 0. The highest BCUT2D eigenvalue weighted by Gasteiger charge is 2.26. The average molecular weight is 146 g/mol. The fourth-order valence-electron chi connectivity index (χ4n) is 0.772. The van der Waals surface area contributed by atoms with Crippen LogP contribution in [-0.4, -0.2) is 37.2 Å². The lowest BCUT2D eigenvalue weighted by molar-refractivity contribution is 0.137. The van der Waals surface area contributed by atoms with Gasteiger partial charge in [0.2, 0.25) is 0 Å². The monoisotopic (exact) mass is 146 g/mol. The molecule has 0 radical (unpaired) electrons. The first kappa shape index (κ1) is 9.23. The molecule has 1 atom stereocenters. The molecular formula is C6H14N2O2. The van der Waals surface area contributed by atoms with Crippen LogP contribution in [0.15, 0.2) is 0 Å². The van der Waals surface area contributed by atoms with Crippen LogP contribution >= 0.6 is 0 Å². The van der Waals surface area contributed by atoms with Crippen LogP contribution in [0.25, 0.3) is 0 Å². The van der Waals surface area contributed by atoms with Gasteiger partial charge in [-0.15, -0.1) is 0 Å². The van der Waals surface area contributed by atoms with Gasteiger partial charge in [-0.3, -0.25) is 0 Å². The van der Waals surface area contributed by atoms with Crippen molar-refractivity contribution in [1.29, 1.82) is 0 Å². The van der Waals surface area contributed by atoms with E-state index < -0.39 is 0 Å². The molecule has 1 heterocycles. The molecule has 0 unspecified atom stereocenters. The maximum Gasteiger partial charge on any atom is 0.410 e. The Hall–Kier alpha value is -0.770. The molecule has 1 amide bonds. The Morgan fingerprint density at radius 3 is 2.70 bits per heavy atom. The van der Waals surface area contributed by atoms with Gasteiger partial charge in [0.1, 0.15) is 6.10 Å². The molecule has 10 heavy (non-hydrogen) atoms. The topological polar surface area (TPSA) is 55.6 Å². The quantitative estimate of drug-likeness (QED) is 0.568. The SMILES string of the molecule is C.CN1C[C@H](CN)OC1=O. The highest BCUT2D eigenvalue weighted by Crippen LogP contribution is 2.06. The molecule has 4 heteroatoms. The van der Waals surface area contributed by atoms with Crippen LogP contribution in [0.3, 0.4) is 0 Å². The fraction of sp³-hybridized carbons (Fsp3) is 0.833. The number of likely N-dealkylation sites (N-methyl/N-ethyl adjacent to an activating group) is 1. The molecule has 0 aromatic carbocycles. The summed E-state index contributed by atoms with van der Waals surface area (Å²) in [6.45, 7) is 1.03. The summed E-state index contributed by atoms with van der Waals surface area (Å²) in [5, 5.41) is 0. The Bertz CT molecular complexity index is 127. The van der Waals surface area contributed by atoms with Gasteiger partial charge in [-0.05, 0) is 0 Å². The lowest BCUT2D eigenvalue weighted by Crippen LogP contribution is -2.24. The van der Waals surface area contributed by atoms with Gasteiger partial charge < -0.3 is 15.4 Å². The average Bonchev–Trinajstić information content (AvgIpc) is 2.13. The van der Waals surface area contributed by atoms with Crippen LogP contribution in [0.5, 0.6) is 0 Å². The first-order chi connectivity index (χ1) is 4.24. The number of cyclic esters (lactones) is 1. The van der Waals surface area contributed by atoms with Crippen LogP contribution in [0.2, 0.25) is 0 Å². The van der Waals surface area contributed by atoms with Gasteiger partial charge in [0.25, 0.3) is 0 Å². The summed E-state index contributed by atoms with van der Waals surface area (Å²) >= 11 is 0. The van der Waals surface area contributed by atoms with E-state index in [2.05, 4.69) is 0 Å². The predicted octanol–water partition coefficient (Wildman–Crippen LogP) is 0.0318.